The highest BCUT2D eigenvalue weighted by Crippen LogP contribution is 2.37. The van der Waals surface area contributed by atoms with Crippen LogP contribution in [0.4, 0.5) is 0 Å². The fourth-order valence-electron chi connectivity index (χ4n) is 2.24. The molecule has 4 nitrogen and oxygen atoms in total. The van der Waals surface area contributed by atoms with Crippen LogP contribution < -0.4 is 0 Å². The van der Waals surface area contributed by atoms with Crippen molar-refractivity contribution in [2.45, 2.75) is 12.5 Å². The lowest BCUT2D eigenvalue weighted by molar-refractivity contribution is -0.142. The zero-order valence-corrected chi connectivity index (χ0v) is 10.8. The van der Waals surface area contributed by atoms with Crippen molar-refractivity contribution >= 4 is 27.8 Å². The summed E-state index contributed by atoms with van der Waals surface area (Å²) in [4.78, 5) is 24.3. The lowest BCUT2D eigenvalue weighted by Gasteiger charge is -2.23. The summed E-state index contributed by atoms with van der Waals surface area (Å²) in [5.41, 5.74) is 0.847. The van der Waals surface area contributed by atoms with Crippen molar-refractivity contribution in [1.29, 1.82) is 0 Å². The summed E-state index contributed by atoms with van der Waals surface area (Å²) in [6.07, 6.45) is 0.0724. The second-order valence-corrected chi connectivity index (χ2v) is 5.07. The van der Waals surface area contributed by atoms with Gasteiger partial charge >= 0.3 is 5.97 Å². The lowest BCUT2D eigenvalue weighted by atomic mass is 9.94. The van der Waals surface area contributed by atoms with Gasteiger partial charge in [-0.25, -0.2) is 0 Å². The minimum absolute atomic E-state index is 0.0724. The average molecular weight is 298 g/mol. The minimum atomic E-state index is -0.923. The molecule has 17 heavy (non-hydrogen) atoms. The van der Waals surface area contributed by atoms with Gasteiger partial charge in [-0.1, -0.05) is 28.1 Å². The van der Waals surface area contributed by atoms with Gasteiger partial charge in [0.25, 0.3) is 0 Å². The van der Waals surface area contributed by atoms with Gasteiger partial charge in [-0.05, 0) is 17.7 Å². The third-order valence-corrected chi connectivity index (χ3v) is 3.59. The van der Waals surface area contributed by atoms with Crippen LogP contribution in [-0.4, -0.2) is 28.9 Å². The van der Waals surface area contributed by atoms with Crippen LogP contribution in [0.1, 0.15) is 18.0 Å². The van der Waals surface area contributed by atoms with Gasteiger partial charge in [-0.15, -0.1) is 0 Å². The molecule has 90 valence electrons. The molecule has 0 radical (unpaired) electrons. The van der Waals surface area contributed by atoms with Gasteiger partial charge in [0.15, 0.2) is 0 Å². The Bertz CT molecular complexity index is 475. The Morgan fingerprint density at radius 3 is 2.82 bits per heavy atom. The van der Waals surface area contributed by atoms with Gasteiger partial charge < -0.3 is 10.0 Å². The zero-order chi connectivity index (χ0) is 12.6. The highest BCUT2D eigenvalue weighted by molar-refractivity contribution is 9.10. The Morgan fingerprint density at radius 2 is 2.24 bits per heavy atom. The number of carbonyl (C=O) groups is 2. The lowest BCUT2D eigenvalue weighted by Crippen LogP contribution is -2.26. The smallest absolute Gasteiger partial charge is 0.309 e. The zero-order valence-electron chi connectivity index (χ0n) is 9.26. The normalized spacial score (nSPS) is 24.1. The number of likely N-dealkylation sites (tertiary alicyclic amines) is 1. The highest BCUT2D eigenvalue weighted by Gasteiger charge is 2.42. The first-order valence-electron chi connectivity index (χ1n) is 5.24. The van der Waals surface area contributed by atoms with E-state index >= 15 is 0 Å². The molecule has 1 aliphatic heterocycles. The molecule has 1 aromatic carbocycles. The van der Waals surface area contributed by atoms with Gasteiger partial charge in [-0.3, -0.25) is 9.59 Å². The summed E-state index contributed by atoms with van der Waals surface area (Å²) in [6, 6.07) is 7.04. The molecule has 1 aliphatic rings. The molecular weight excluding hydrogens is 286 g/mol. The van der Waals surface area contributed by atoms with Crippen LogP contribution in [0.5, 0.6) is 0 Å². The maximum atomic E-state index is 11.6. The van der Waals surface area contributed by atoms with E-state index in [-0.39, 0.29) is 18.4 Å². The van der Waals surface area contributed by atoms with E-state index in [0.29, 0.717) is 0 Å². The van der Waals surface area contributed by atoms with Crippen molar-refractivity contribution < 1.29 is 14.7 Å². The molecule has 1 heterocycles. The molecule has 1 fully saturated rings. The van der Waals surface area contributed by atoms with Crippen molar-refractivity contribution in [3.8, 4) is 0 Å². The van der Waals surface area contributed by atoms with Crippen molar-refractivity contribution in [1.82, 2.24) is 4.90 Å². The largest absolute Gasteiger partial charge is 0.481 e. The van der Waals surface area contributed by atoms with Gasteiger partial charge in [0, 0.05) is 17.9 Å². The topological polar surface area (TPSA) is 57.6 Å². The Morgan fingerprint density at radius 1 is 1.53 bits per heavy atom. The summed E-state index contributed by atoms with van der Waals surface area (Å²) in [7, 11) is 1.65. The molecule has 2 atom stereocenters. The molecule has 0 unspecified atom stereocenters. The first kappa shape index (κ1) is 12.1. The molecule has 1 N–H and O–H groups in total. The second kappa shape index (κ2) is 4.49. The van der Waals surface area contributed by atoms with Gasteiger partial charge in [0.1, 0.15) is 0 Å². The maximum Gasteiger partial charge on any atom is 0.309 e. The molecule has 1 saturated heterocycles. The SMILES string of the molecule is CN1C(=O)C[C@H](C(=O)O)[C@H]1c1cccc(Br)c1. The number of amides is 1. The molecule has 0 bridgehead atoms. The molecule has 0 aliphatic carbocycles. The number of nitrogens with zero attached hydrogens (tertiary/aromatic N) is 1. The van der Waals surface area contributed by atoms with Crippen LogP contribution in [0, 0.1) is 5.92 Å². The monoisotopic (exact) mass is 297 g/mol. The first-order chi connectivity index (χ1) is 8.00. The maximum absolute atomic E-state index is 11.6. The first-order valence-corrected chi connectivity index (χ1v) is 6.04. The van der Waals surface area contributed by atoms with E-state index in [1.807, 2.05) is 24.3 Å². The van der Waals surface area contributed by atoms with E-state index in [9.17, 15) is 9.59 Å². The fraction of sp³-hybridized carbons (Fsp3) is 0.333. The minimum Gasteiger partial charge on any atom is -0.481 e. The third kappa shape index (κ3) is 2.20. The van der Waals surface area contributed by atoms with Crippen molar-refractivity contribution in [3.05, 3.63) is 34.3 Å². The number of carboxylic acid groups (broad SMARTS) is 1. The number of aliphatic carboxylic acids is 1. The summed E-state index contributed by atoms with van der Waals surface area (Å²) < 4.78 is 0.881. The molecule has 2 rings (SSSR count). The summed E-state index contributed by atoms with van der Waals surface area (Å²) in [5.74, 6) is -1.71. The Kier molecular flexibility index (Phi) is 3.19. The summed E-state index contributed by atoms with van der Waals surface area (Å²) in [5, 5.41) is 9.16. The quantitative estimate of drug-likeness (QED) is 0.909. The molecule has 1 aromatic rings. The Labute approximate surface area is 107 Å². The van der Waals surface area contributed by atoms with Crippen molar-refractivity contribution in [2.24, 2.45) is 5.92 Å². The number of hydrogen-bond donors (Lipinski definition) is 1. The standard InChI is InChI=1S/C12H12BrNO3/c1-14-10(15)6-9(12(16)17)11(14)7-3-2-4-8(13)5-7/h2-5,9,11H,6H2,1H3,(H,16,17)/t9-,11+/m0/s1. The average Bonchev–Trinajstić information content (AvgIpc) is 2.56. The highest BCUT2D eigenvalue weighted by atomic mass is 79.9. The van der Waals surface area contributed by atoms with E-state index in [1.165, 1.54) is 4.90 Å². The Balaban J connectivity index is 2.40. The molecule has 0 saturated carbocycles. The van der Waals surface area contributed by atoms with Crippen molar-refractivity contribution in [2.75, 3.05) is 7.05 Å². The molecule has 5 heteroatoms. The molecular formula is C12H12BrNO3. The number of halogens is 1. The molecule has 0 aromatic heterocycles. The number of carbonyl (C=O) groups excluding carboxylic acids is 1. The van der Waals surface area contributed by atoms with Crippen LogP contribution in [0.3, 0.4) is 0 Å². The van der Waals surface area contributed by atoms with Crippen molar-refractivity contribution in [3.63, 3.8) is 0 Å². The Hall–Kier alpha value is -1.36. The third-order valence-electron chi connectivity index (χ3n) is 3.09. The van der Waals surface area contributed by atoms with Gasteiger partial charge in [0.05, 0.1) is 12.0 Å². The second-order valence-electron chi connectivity index (χ2n) is 4.15. The van der Waals surface area contributed by atoms with Crippen LogP contribution >= 0.6 is 15.9 Å². The van der Waals surface area contributed by atoms with Crippen LogP contribution in [-0.2, 0) is 9.59 Å². The van der Waals surface area contributed by atoms with E-state index in [1.54, 1.807) is 7.05 Å². The van der Waals surface area contributed by atoms with Gasteiger partial charge in [-0.2, -0.15) is 0 Å². The van der Waals surface area contributed by atoms with E-state index < -0.39 is 11.9 Å². The van der Waals surface area contributed by atoms with E-state index in [4.69, 9.17) is 5.11 Å². The van der Waals surface area contributed by atoms with E-state index in [2.05, 4.69) is 15.9 Å². The fourth-order valence-corrected chi connectivity index (χ4v) is 2.65. The predicted octanol–water partition coefficient (Wildman–Crippen LogP) is 2.05. The van der Waals surface area contributed by atoms with Crippen LogP contribution in [0.15, 0.2) is 28.7 Å². The van der Waals surface area contributed by atoms with E-state index in [0.717, 1.165) is 10.0 Å². The number of hydrogen-bond acceptors (Lipinski definition) is 2. The van der Waals surface area contributed by atoms with Crippen LogP contribution in [0.25, 0.3) is 0 Å². The number of rotatable bonds is 2. The molecule has 0 spiro atoms. The van der Waals surface area contributed by atoms with Gasteiger partial charge in [0.2, 0.25) is 5.91 Å². The summed E-state index contributed by atoms with van der Waals surface area (Å²) in [6.45, 7) is 0. The number of benzene rings is 1. The number of carboxylic acids is 1. The molecule has 1 amide bonds. The predicted molar refractivity (Wildman–Crippen MR) is 65.4 cm³/mol. The van der Waals surface area contributed by atoms with Crippen LogP contribution in [0.2, 0.25) is 0 Å². The summed E-state index contributed by atoms with van der Waals surface area (Å²) >= 11 is 3.35.